The predicted molar refractivity (Wildman–Crippen MR) is 215 cm³/mol. The molecule has 11 rings (SSSR count). The first-order chi connectivity index (χ1) is 26.1. The zero-order chi connectivity index (χ0) is 35.1. The highest BCUT2D eigenvalue weighted by Gasteiger charge is 2.37. The average Bonchev–Trinajstić information content (AvgIpc) is 3.79. The summed E-state index contributed by atoms with van der Waals surface area (Å²) in [5.41, 5.74) is 7.20. The van der Waals surface area contributed by atoms with Crippen LogP contribution in [0.25, 0.3) is 94.7 Å². The topological polar surface area (TPSA) is 65.0 Å². The highest BCUT2D eigenvalue weighted by Crippen LogP contribution is 2.49. The molecule has 0 fully saturated rings. The van der Waals surface area contributed by atoms with Crippen molar-refractivity contribution in [3.05, 3.63) is 169 Å². The van der Waals surface area contributed by atoms with Gasteiger partial charge in [-0.3, -0.25) is 0 Å². The molecule has 10 aromatic rings. The summed E-state index contributed by atoms with van der Waals surface area (Å²) in [5, 5.41) is 7.85. The molecule has 3 aromatic heterocycles. The van der Waals surface area contributed by atoms with Crippen LogP contribution in [0.15, 0.2) is 161 Å². The minimum atomic E-state index is -0.372. The number of benzene rings is 7. The number of furan rings is 2. The molecule has 0 bridgehead atoms. The Labute approximate surface area is 304 Å². The molecule has 1 atom stereocenters. The second kappa shape index (κ2) is 11.3. The van der Waals surface area contributed by atoms with E-state index in [0.29, 0.717) is 17.5 Å². The molecule has 3 heterocycles. The number of hydrogen-bond donors (Lipinski definition) is 0. The SMILES string of the molecule is CC1(c2cc(-c3nc(-c4ccc5ccccc5c4)nc(-c4cccc5c4oc4ccccc45)n3)cc3ccccc23)CC=Cc2oc3ccccc3c21. The van der Waals surface area contributed by atoms with Crippen LogP contribution in [-0.2, 0) is 5.41 Å². The van der Waals surface area contributed by atoms with Crippen LogP contribution < -0.4 is 0 Å². The maximum absolute atomic E-state index is 6.50. The van der Waals surface area contributed by atoms with E-state index in [1.54, 1.807) is 0 Å². The molecule has 0 saturated heterocycles. The monoisotopic (exact) mass is 681 g/mol. The standard InChI is InChI=1S/C48H31N3O2/c1-48(25-11-22-42-43(48)37-17-7-9-21-41(37)52-42)39-28-33(27-31-14-4-5-15-34(31)39)46-49-45(32-24-23-29-12-2-3-13-30(29)26-32)50-47(51-46)38-19-10-18-36-35-16-6-8-20-40(35)53-44(36)38/h2-24,26-28H,25H2,1H3. The molecule has 1 aliphatic rings. The van der Waals surface area contributed by atoms with Crippen molar-refractivity contribution in [2.45, 2.75) is 18.8 Å². The van der Waals surface area contributed by atoms with Crippen molar-refractivity contribution in [3.63, 3.8) is 0 Å². The molecule has 5 heteroatoms. The van der Waals surface area contributed by atoms with E-state index in [-0.39, 0.29) is 5.41 Å². The molecular formula is C48H31N3O2. The molecular weight excluding hydrogens is 651 g/mol. The summed E-state index contributed by atoms with van der Waals surface area (Å²) in [6.45, 7) is 2.34. The summed E-state index contributed by atoms with van der Waals surface area (Å²) in [7, 11) is 0. The van der Waals surface area contributed by atoms with Gasteiger partial charge in [-0.15, -0.1) is 0 Å². The lowest BCUT2D eigenvalue weighted by atomic mass is 9.69. The van der Waals surface area contributed by atoms with E-state index in [1.807, 2.05) is 30.3 Å². The molecule has 0 amide bonds. The highest BCUT2D eigenvalue weighted by atomic mass is 16.3. The van der Waals surface area contributed by atoms with E-state index >= 15 is 0 Å². The van der Waals surface area contributed by atoms with Crippen molar-refractivity contribution in [1.82, 2.24) is 15.0 Å². The predicted octanol–water partition coefficient (Wildman–Crippen LogP) is 12.5. The van der Waals surface area contributed by atoms with Gasteiger partial charge in [0.15, 0.2) is 17.5 Å². The fraction of sp³-hybridized carbons (Fsp3) is 0.0625. The fourth-order valence-electron chi connectivity index (χ4n) is 8.40. The van der Waals surface area contributed by atoms with Crippen LogP contribution in [0, 0.1) is 0 Å². The first-order valence-electron chi connectivity index (χ1n) is 18.0. The Morgan fingerprint density at radius 1 is 0.509 bits per heavy atom. The Hall–Kier alpha value is -6.85. The minimum Gasteiger partial charge on any atom is -0.456 e. The molecule has 250 valence electrons. The smallest absolute Gasteiger partial charge is 0.167 e. The second-order valence-electron chi connectivity index (χ2n) is 14.2. The van der Waals surface area contributed by atoms with Gasteiger partial charge in [0.1, 0.15) is 22.5 Å². The third-order valence-electron chi connectivity index (χ3n) is 11.0. The van der Waals surface area contributed by atoms with Crippen LogP contribution >= 0.6 is 0 Å². The number of aromatic nitrogens is 3. The third kappa shape index (κ3) is 4.60. The van der Waals surface area contributed by atoms with Gasteiger partial charge < -0.3 is 8.83 Å². The van der Waals surface area contributed by atoms with Crippen LogP contribution in [0.5, 0.6) is 0 Å². The summed E-state index contributed by atoms with van der Waals surface area (Å²) in [6.07, 6.45) is 5.19. The molecule has 7 aromatic carbocycles. The van der Waals surface area contributed by atoms with Crippen LogP contribution in [0.3, 0.4) is 0 Å². The molecule has 0 saturated carbocycles. The van der Waals surface area contributed by atoms with Crippen molar-refractivity contribution in [2.24, 2.45) is 0 Å². The molecule has 53 heavy (non-hydrogen) atoms. The molecule has 0 N–H and O–H groups in total. The average molecular weight is 682 g/mol. The van der Waals surface area contributed by atoms with Crippen molar-refractivity contribution in [3.8, 4) is 34.2 Å². The fourth-order valence-corrected chi connectivity index (χ4v) is 8.40. The van der Waals surface area contributed by atoms with E-state index in [9.17, 15) is 0 Å². The van der Waals surface area contributed by atoms with Gasteiger partial charge in [0.25, 0.3) is 0 Å². The maximum Gasteiger partial charge on any atom is 0.167 e. The van der Waals surface area contributed by atoms with Crippen LogP contribution in [0.2, 0.25) is 0 Å². The summed E-state index contributed by atoms with van der Waals surface area (Å²) in [5.74, 6) is 2.68. The van der Waals surface area contributed by atoms with Gasteiger partial charge in [-0.2, -0.15) is 0 Å². The lowest BCUT2D eigenvalue weighted by Crippen LogP contribution is -2.26. The van der Waals surface area contributed by atoms with Gasteiger partial charge in [-0.05, 0) is 76.0 Å². The summed E-state index contributed by atoms with van der Waals surface area (Å²) in [4.78, 5) is 15.7. The van der Waals surface area contributed by atoms with Crippen molar-refractivity contribution in [1.29, 1.82) is 0 Å². The first kappa shape index (κ1) is 29.8. The van der Waals surface area contributed by atoms with E-state index in [0.717, 1.165) is 77.9 Å². The van der Waals surface area contributed by atoms with Crippen LogP contribution in [0.4, 0.5) is 0 Å². The molecule has 0 spiro atoms. The number of nitrogens with zero attached hydrogens (tertiary/aromatic N) is 3. The summed E-state index contributed by atoms with van der Waals surface area (Å²) >= 11 is 0. The number of hydrogen-bond acceptors (Lipinski definition) is 5. The Kier molecular flexibility index (Phi) is 6.38. The summed E-state index contributed by atoms with van der Waals surface area (Å²) < 4.78 is 12.9. The number of fused-ring (bicyclic) bond motifs is 8. The molecule has 1 aliphatic carbocycles. The van der Waals surface area contributed by atoms with E-state index in [1.165, 1.54) is 16.5 Å². The van der Waals surface area contributed by atoms with Gasteiger partial charge in [-0.1, -0.05) is 122 Å². The van der Waals surface area contributed by atoms with Crippen LogP contribution in [0.1, 0.15) is 30.2 Å². The van der Waals surface area contributed by atoms with Gasteiger partial charge in [0.2, 0.25) is 0 Å². The normalized spacial score (nSPS) is 15.6. The van der Waals surface area contributed by atoms with Gasteiger partial charge >= 0.3 is 0 Å². The van der Waals surface area contributed by atoms with Crippen molar-refractivity contribution >= 4 is 60.5 Å². The van der Waals surface area contributed by atoms with E-state index in [2.05, 4.69) is 134 Å². The number of para-hydroxylation sites is 3. The quantitative estimate of drug-likeness (QED) is 0.185. The number of rotatable bonds is 4. The maximum atomic E-state index is 6.50. The Balaban J connectivity index is 1.18. The highest BCUT2D eigenvalue weighted by molar-refractivity contribution is 6.09. The van der Waals surface area contributed by atoms with Crippen molar-refractivity contribution in [2.75, 3.05) is 0 Å². The molecule has 0 radical (unpaired) electrons. The van der Waals surface area contributed by atoms with Gasteiger partial charge in [-0.25, -0.2) is 15.0 Å². The van der Waals surface area contributed by atoms with Gasteiger partial charge in [0.05, 0.1) is 5.56 Å². The lowest BCUT2D eigenvalue weighted by molar-refractivity contribution is 0.538. The third-order valence-corrected chi connectivity index (χ3v) is 11.0. The second-order valence-corrected chi connectivity index (χ2v) is 14.2. The zero-order valence-electron chi connectivity index (χ0n) is 28.9. The lowest BCUT2D eigenvalue weighted by Gasteiger charge is -2.33. The van der Waals surface area contributed by atoms with Crippen molar-refractivity contribution < 1.29 is 8.83 Å². The Morgan fingerprint density at radius 3 is 2.00 bits per heavy atom. The minimum absolute atomic E-state index is 0.372. The Bertz CT molecular complexity index is 3130. The molecule has 5 nitrogen and oxygen atoms in total. The number of allylic oxidation sites excluding steroid dienone is 1. The Morgan fingerprint density at radius 2 is 1.15 bits per heavy atom. The van der Waals surface area contributed by atoms with E-state index in [4.69, 9.17) is 23.8 Å². The van der Waals surface area contributed by atoms with Crippen LogP contribution in [-0.4, -0.2) is 15.0 Å². The zero-order valence-corrected chi connectivity index (χ0v) is 28.9. The molecule has 1 unspecified atom stereocenters. The molecule has 0 aliphatic heterocycles. The first-order valence-corrected chi connectivity index (χ1v) is 18.0. The summed E-state index contributed by atoms with van der Waals surface area (Å²) in [6, 6.07) is 50.6. The largest absolute Gasteiger partial charge is 0.456 e. The van der Waals surface area contributed by atoms with E-state index < -0.39 is 0 Å². The van der Waals surface area contributed by atoms with Gasteiger partial charge in [0, 0.05) is 38.3 Å².